The Bertz CT molecular complexity index is 358. The van der Waals surface area contributed by atoms with Gasteiger partial charge in [-0.15, -0.1) is 0 Å². The van der Waals surface area contributed by atoms with Gasteiger partial charge in [-0.05, 0) is 38.6 Å². The zero-order chi connectivity index (χ0) is 14.6. The van der Waals surface area contributed by atoms with E-state index in [1.54, 1.807) is 11.9 Å². The van der Waals surface area contributed by atoms with Crippen molar-refractivity contribution in [3.63, 3.8) is 0 Å². The van der Waals surface area contributed by atoms with Crippen LogP contribution in [0.4, 0.5) is 0 Å². The van der Waals surface area contributed by atoms with E-state index in [0.717, 1.165) is 58.2 Å². The molecule has 2 saturated heterocycles. The standard InChI is InChI=1S/C15H27N3O2/c1-3-7-15(8-6-9-16-15)14(20)17(2)12-13(19)18-10-4-5-11-18/h16H,3-12H2,1-2H3. The van der Waals surface area contributed by atoms with Crippen LogP contribution < -0.4 is 5.32 Å². The normalized spacial score (nSPS) is 26.0. The second-order valence-electron chi connectivity index (χ2n) is 6.11. The highest BCUT2D eigenvalue weighted by Crippen LogP contribution is 2.26. The highest BCUT2D eigenvalue weighted by molar-refractivity contribution is 5.90. The van der Waals surface area contributed by atoms with Crippen molar-refractivity contribution in [3.05, 3.63) is 0 Å². The minimum absolute atomic E-state index is 0.0861. The molecule has 0 saturated carbocycles. The molecule has 114 valence electrons. The van der Waals surface area contributed by atoms with Crippen molar-refractivity contribution >= 4 is 11.8 Å². The molecule has 0 aromatic rings. The van der Waals surface area contributed by atoms with E-state index in [4.69, 9.17) is 0 Å². The molecule has 2 fully saturated rings. The number of likely N-dealkylation sites (tertiary alicyclic amines) is 1. The summed E-state index contributed by atoms with van der Waals surface area (Å²) in [7, 11) is 1.76. The lowest BCUT2D eigenvalue weighted by molar-refractivity contribution is -0.142. The number of carbonyl (C=O) groups excluding carboxylic acids is 2. The maximum absolute atomic E-state index is 12.7. The molecule has 2 rings (SSSR count). The highest BCUT2D eigenvalue weighted by Gasteiger charge is 2.42. The summed E-state index contributed by atoms with van der Waals surface area (Å²) in [5.74, 6) is 0.174. The molecule has 0 bridgehead atoms. The van der Waals surface area contributed by atoms with E-state index in [1.165, 1.54) is 0 Å². The van der Waals surface area contributed by atoms with Crippen molar-refractivity contribution in [3.8, 4) is 0 Å². The fraction of sp³-hybridized carbons (Fsp3) is 0.867. The van der Waals surface area contributed by atoms with Gasteiger partial charge in [0.25, 0.3) is 0 Å². The second-order valence-corrected chi connectivity index (χ2v) is 6.11. The molecule has 0 aliphatic carbocycles. The van der Waals surface area contributed by atoms with Crippen LogP contribution in [0.3, 0.4) is 0 Å². The van der Waals surface area contributed by atoms with Gasteiger partial charge in [-0.2, -0.15) is 0 Å². The summed E-state index contributed by atoms with van der Waals surface area (Å²) in [5, 5.41) is 3.38. The fourth-order valence-corrected chi connectivity index (χ4v) is 3.44. The maximum atomic E-state index is 12.7. The highest BCUT2D eigenvalue weighted by atomic mass is 16.2. The summed E-state index contributed by atoms with van der Waals surface area (Å²) in [4.78, 5) is 28.3. The summed E-state index contributed by atoms with van der Waals surface area (Å²) in [6.45, 7) is 4.91. The number of rotatable bonds is 5. The molecule has 20 heavy (non-hydrogen) atoms. The molecule has 2 amide bonds. The Morgan fingerprint density at radius 1 is 1.25 bits per heavy atom. The van der Waals surface area contributed by atoms with Gasteiger partial charge in [0, 0.05) is 20.1 Å². The fourth-order valence-electron chi connectivity index (χ4n) is 3.44. The third-order valence-corrected chi connectivity index (χ3v) is 4.51. The molecule has 0 radical (unpaired) electrons. The summed E-state index contributed by atoms with van der Waals surface area (Å²) in [5.41, 5.74) is -0.422. The SMILES string of the molecule is CCCC1(C(=O)N(C)CC(=O)N2CCCC2)CCCN1. The lowest BCUT2D eigenvalue weighted by Gasteiger charge is -2.33. The first-order valence-corrected chi connectivity index (χ1v) is 7.87. The molecular formula is C15H27N3O2. The number of carbonyl (C=O) groups is 2. The molecule has 1 N–H and O–H groups in total. The largest absolute Gasteiger partial charge is 0.341 e. The van der Waals surface area contributed by atoms with Gasteiger partial charge >= 0.3 is 0 Å². The monoisotopic (exact) mass is 281 g/mol. The van der Waals surface area contributed by atoms with E-state index < -0.39 is 5.54 Å². The Kier molecular flexibility index (Phi) is 5.02. The van der Waals surface area contributed by atoms with Gasteiger partial charge < -0.3 is 15.1 Å². The first kappa shape index (κ1) is 15.3. The lowest BCUT2D eigenvalue weighted by atomic mass is 9.90. The van der Waals surface area contributed by atoms with Crippen LogP contribution in [0, 0.1) is 0 Å². The molecule has 5 nitrogen and oxygen atoms in total. The molecule has 5 heteroatoms. The Morgan fingerprint density at radius 3 is 2.50 bits per heavy atom. The zero-order valence-corrected chi connectivity index (χ0v) is 12.8. The molecule has 0 spiro atoms. The minimum atomic E-state index is -0.422. The van der Waals surface area contributed by atoms with Gasteiger partial charge in [0.1, 0.15) is 0 Å². The number of amides is 2. The quantitative estimate of drug-likeness (QED) is 0.817. The van der Waals surface area contributed by atoms with Crippen molar-refractivity contribution in [2.75, 3.05) is 33.2 Å². The molecule has 2 heterocycles. The van der Waals surface area contributed by atoms with Crippen LogP contribution in [0.1, 0.15) is 45.4 Å². The van der Waals surface area contributed by atoms with E-state index >= 15 is 0 Å². The molecule has 1 unspecified atom stereocenters. The Labute approximate surface area is 121 Å². The molecule has 0 aromatic heterocycles. The third-order valence-electron chi connectivity index (χ3n) is 4.51. The van der Waals surface area contributed by atoms with Crippen LogP contribution in [-0.2, 0) is 9.59 Å². The van der Waals surface area contributed by atoms with Gasteiger partial charge in [-0.3, -0.25) is 9.59 Å². The van der Waals surface area contributed by atoms with Gasteiger partial charge in [0.05, 0.1) is 12.1 Å². The predicted molar refractivity (Wildman–Crippen MR) is 78.3 cm³/mol. The first-order chi connectivity index (χ1) is 9.59. The van der Waals surface area contributed by atoms with Crippen molar-refractivity contribution in [1.82, 2.24) is 15.1 Å². The second kappa shape index (κ2) is 6.57. The van der Waals surface area contributed by atoms with Gasteiger partial charge in [-0.25, -0.2) is 0 Å². The van der Waals surface area contributed by atoms with Crippen LogP contribution in [0.2, 0.25) is 0 Å². The summed E-state index contributed by atoms with van der Waals surface area (Å²) in [6.07, 6.45) is 5.94. The first-order valence-electron chi connectivity index (χ1n) is 7.87. The van der Waals surface area contributed by atoms with Crippen molar-refractivity contribution in [2.24, 2.45) is 0 Å². The predicted octanol–water partition coefficient (Wildman–Crippen LogP) is 0.989. The third kappa shape index (κ3) is 3.14. The van der Waals surface area contributed by atoms with Crippen molar-refractivity contribution in [1.29, 1.82) is 0 Å². The number of hydrogen-bond donors (Lipinski definition) is 1. The average Bonchev–Trinajstić information content (AvgIpc) is 3.09. The van der Waals surface area contributed by atoms with Crippen molar-refractivity contribution < 1.29 is 9.59 Å². The number of likely N-dealkylation sites (N-methyl/N-ethyl adjacent to an activating group) is 1. The molecular weight excluding hydrogens is 254 g/mol. The Hall–Kier alpha value is -1.10. The summed E-state index contributed by atoms with van der Waals surface area (Å²) in [6, 6.07) is 0. The van der Waals surface area contributed by atoms with E-state index in [0.29, 0.717) is 0 Å². The lowest BCUT2D eigenvalue weighted by Crippen LogP contribution is -2.55. The Balaban J connectivity index is 1.94. The molecule has 0 aromatic carbocycles. The topological polar surface area (TPSA) is 52.7 Å². The summed E-state index contributed by atoms with van der Waals surface area (Å²) < 4.78 is 0. The van der Waals surface area contributed by atoms with Gasteiger partial charge in [0.15, 0.2) is 0 Å². The number of nitrogens with one attached hydrogen (secondary N) is 1. The smallest absolute Gasteiger partial charge is 0.243 e. The van der Waals surface area contributed by atoms with E-state index in [9.17, 15) is 9.59 Å². The van der Waals surface area contributed by atoms with Gasteiger partial charge in [0.2, 0.25) is 11.8 Å². The van der Waals surface area contributed by atoms with E-state index in [-0.39, 0.29) is 18.4 Å². The van der Waals surface area contributed by atoms with Crippen LogP contribution in [0.5, 0.6) is 0 Å². The summed E-state index contributed by atoms with van der Waals surface area (Å²) >= 11 is 0. The maximum Gasteiger partial charge on any atom is 0.243 e. The van der Waals surface area contributed by atoms with Crippen LogP contribution in [0.15, 0.2) is 0 Å². The van der Waals surface area contributed by atoms with Crippen LogP contribution in [0.25, 0.3) is 0 Å². The van der Waals surface area contributed by atoms with Crippen molar-refractivity contribution in [2.45, 2.75) is 51.0 Å². The molecule has 1 atom stereocenters. The van der Waals surface area contributed by atoms with Gasteiger partial charge in [-0.1, -0.05) is 13.3 Å². The molecule has 2 aliphatic heterocycles. The van der Waals surface area contributed by atoms with E-state index in [1.807, 2.05) is 4.90 Å². The van der Waals surface area contributed by atoms with E-state index in [2.05, 4.69) is 12.2 Å². The zero-order valence-electron chi connectivity index (χ0n) is 12.8. The average molecular weight is 281 g/mol. The number of hydrogen-bond acceptors (Lipinski definition) is 3. The van der Waals surface area contributed by atoms with Crippen LogP contribution >= 0.6 is 0 Å². The number of nitrogens with zero attached hydrogens (tertiary/aromatic N) is 2. The van der Waals surface area contributed by atoms with Crippen LogP contribution in [-0.4, -0.2) is 60.4 Å². The minimum Gasteiger partial charge on any atom is -0.341 e. The molecule has 2 aliphatic rings. The Morgan fingerprint density at radius 2 is 1.95 bits per heavy atom.